The van der Waals surface area contributed by atoms with Crippen LogP contribution >= 0.6 is 0 Å². The average Bonchev–Trinajstić information content (AvgIpc) is 3.43. The van der Waals surface area contributed by atoms with Crippen LogP contribution in [0.3, 0.4) is 0 Å². The Morgan fingerprint density at radius 2 is 1.64 bits per heavy atom. The lowest BCUT2D eigenvalue weighted by Gasteiger charge is -2.23. The van der Waals surface area contributed by atoms with Crippen molar-refractivity contribution in [2.24, 2.45) is 0 Å². The van der Waals surface area contributed by atoms with E-state index in [1.165, 1.54) is 0 Å². The van der Waals surface area contributed by atoms with E-state index in [2.05, 4.69) is 5.32 Å². The number of nitrogens with one attached hydrogen (secondary N) is 1. The molecule has 0 unspecified atom stereocenters. The summed E-state index contributed by atoms with van der Waals surface area (Å²) in [7, 11) is 1.56. The molecule has 1 aliphatic carbocycles. The average molecular weight is 344 g/mol. The van der Waals surface area contributed by atoms with Crippen LogP contribution in [0, 0.1) is 11.6 Å². The number of carbonyl (C=O) groups is 2. The quantitative estimate of drug-likeness (QED) is 0.906. The molecule has 25 heavy (non-hydrogen) atoms. The molecule has 0 aromatic heterocycles. The monoisotopic (exact) mass is 344 g/mol. The van der Waals surface area contributed by atoms with Gasteiger partial charge in [0.25, 0.3) is 11.8 Å². The minimum absolute atomic E-state index is 0.00591. The summed E-state index contributed by atoms with van der Waals surface area (Å²) < 4.78 is 26.8. The maximum absolute atomic E-state index is 13.4. The Kier molecular flexibility index (Phi) is 4.79. The second-order valence-electron chi connectivity index (χ2n) is 6.10. The Balaban J connectivity index is 1.79. The van der Waals surface area contributed by atoms with Gasteiger partial charge in [0.05, 0.1) is 0 Å². The van der Waals surface area contributed by atoms with Crippen LogP contribution in [0.2, 0.25) is 0 Å². The molecule has 2 amide bonds. The summed E-state index contributed by atoms with van der Waals surface area (Å²) in [5, 5.41) is 2.55. The molecule has 2 aromatic rings. The molecule has 6 heteroatoms. The molecule has 1 saturated carbocycles. The van der Waals surface area contributed by atoms with Gasteiger partial charge in [-0.1, -0.05) is 12.1 Å². The van der Waals surface area contributed by atoms with Gasteiger partial charge in [-0.25, -0.2) is 8.78 Å². The third-order valence-corrected chi connectivity index (χ3v) is 4.15. The van der Waals surface area contributed by atoms with E-state index in [9.17, 15) is 18.4 Å². The van der Waals surface area contributed by atoms with Crippen molar-refractivity contribution in [1.29, 1.82) is 0 Å². The summed E-state index contributed by atoms with van der Waals surface area (Å²) >= 11 is 0. The smallest absolute Gasteiger partial charge is 0.254 e. The van der Waals surface area contributed by atoms with E-state index < -0.39 is 17.5 Å². The van der Waals surface area contributed by atoms with Crippen molar-refractivity contribution < 1.29 is 18.4 Å². The van der Waals surface area contributed by atoms with Crippen LogP contribution < -0.4 is 5.32 Å². The summed E-state index contributed by atoms with van der Waals surface area (Å²) in [5.41, 5.74) is 1.39. The first-order valence-electron chi connectivity index (χ1n) is 8.06. The molecular weight excluding hydrogens is 326 g/mol. The van der Waals surface area contributed by atoms with E-state index in [1.807, 2.05) is 0 Å². The third kappa shape index (κ3) is 4.02. The topological polar surface area (TPSA) is 49.4 Å². The van der Waals surface area contributed by atoms with Crippen LogP contribution in [0.1, 0.15) is 39.1 Å². The lowest BCUT2D eigenvalue weighted by atomic mass is 10.1. The number of carbonyl (C=O) groups excluding carboxylic acids is 2. The Morgan fingerprint density at radius 1 is 1.04 bits per heavy atom. The Hall–Kier alpha value is -2.76. The Morgan fingerprint density at radius 3 is 2.16 bits per heavy atom. The second kappa shape index (κ2) is 7.01. The molecular formula is C19H18F2N2O2. The summed E-state index contributed by atoms with van der Waals surface area (Å²) in [5.74, 6) is -2.11. The predicted octanol–water partition coefficient (Wildman–Crippen LogP) is 3.13. The van der Waals surface area contributed by atoms with Gasteiger partial charge in [0, 0.05) is 36.8 Å². The van der Waals surface area contributed by atoms with Crippen molar-refractivity contribution in [3.05, 3.63) is 70.8 Å². The molecule has 0 bridgehead atoms. The highest BCUT2D eigenvalue weighted by molar-refractivity contribution is 5.95. The first kappa shape index (κ1) is 17.1. The first-order valence-corrected chi connectivity index (χ1v) is 8.06. The van der Waals surface area contributed by atoms with E-state index in [1.54, 1.807) is 36.2 Å². The number of nitrogens with zero attached hydrogens (tertiary/aromatic N) is 1. The number of amides is 2. The lowest BCUT2D eigenvalue weighted by molar-refractivity contribution is 0.0728. The van der Waals surface area contributed by atoms with Gasteiger partial charge in [0.15, 0.2) is 0 Å². The van der Waals surface area contributed by atoms with Gasteiger partial charge in [0.2, 0.25) is 0 Å². The Labute approximate surface area is 144 Å². The van der Waals surface area contributed by atoms with E-state index >= 15 is 0 Å². The summed E-state index contributed by atoms with van der Waals surface area (Å²) in [6.45, 7) is 0.329. The summed E-state index contributed by atoms with van der Waals surface area (Å²) in [6.07, 6.45) is 1.75. The van der Waals surface area contributed by atoms with Gasteiger partial charge in [-0.2, -0.15) is 0 Å². The normalized spacial score (nSPS) is 13.4. The molecule has 0 aliphatic heterocycles. The molecule has 130 valence electrons. The maximum Gasteiger partial charge on any atom is 0.254 e. The SMILES string of the molecule is CNC(=O)c1ccc(CN(C(=O)c2cc(F)cc(F)c2)C2CC2)cc1. The molecule has 1 aliphatic rings. The number of halogens is 2. The molecule has 4 nitrogen and oxygen atoms in total. The fourth-order valence-corrected chi connectivity index (χ4v) is 2.70. The van der Waals surface area contributed by atoms with E-state index in [0.717, 1.165) is 36.6 Å². The highest BCUT2D eigenvalue weighted by Gasteiger charge is 2.33. The van der Waals surface area contributed by atoms with E-state index in [0.29, 0.717) is 12.1 Å². The first-order chi connectivity index (χ1) is 12.0. The van der Waals surface area contributed by atoms with Gasteiger partial charge in [-0.15, -0.1) is 0 Å². The van der Waals surface area contributed by atoms with Crippen molar-refractivity contribution in [2.45, 2.75) is 25.4 Å². The molecule has 0 saturated heterocycles. The zero-order valence-corrected chi connectivity index (χ0v) is 13.8. The second-order valence-corrected chi connectivity index (χ2v) is 6.10. The number of rotatable bonds is 5. The van der Waals surface area contributed by atoms with Gasteiger partial charge >= 0.3 is 0 Å². The third-order valence-electron chi connectivity index (χ3n) is 4.15. The molecule has 3 rings (SSSR count). The minimum atomic E-state index is -0.769. The Bertz CT molecular complexity index is 781. The van der Waals surface area contributed by atoms with Crippen molar-refractivity contribution in [3.8, 4) is 0 Å². The molecule has 0 atom stereocenters. The largest absolute Gasteiger partial charge is 0.355 e. The highest BCUT2D eigenvalue weighted by Crippen LogP contribution is 2.30. The maximum atomic E-state index is 13.4. The molecule has 0 spiro atoms. The number of benzene rings is 2. The lowest BCUT2D eigenvalue weighted by Crippen LogP contribution is -2.32. The van der Waals surface area contributed by atoms with Gasteiger partial charge in [-0.3, -0.25) is 9.59 Å². The van der Waals surface area contributed by atoms with Crippen molar-refractivity contribution in [1.82, 2.24) is 10.2 Å². The molecule has 2 aromatic carbocycles. The molecule has 0 radical (unpaired) electrons. The zero-order chi connectivity index (χ0) is 18.0. The minimum Gasteiger partial charge on any atom is -0.355 e. The predicted molar refractivity (Wildman–Crippen MR) is 89.1 cm³/mol. The van der Waals surface area contributed by atoms with Crippen LogP contribution in [0.15, 0.2) is 42.5 Å². The van der Waals surface area contributed by atoms with Crippen molar-refractivity contribution in [3.63, 3.8) is 0 Å². The summed E-state index contributed by atoms with van der Waals surface area (Å²) in [6, 6.07) is 9.86. The molecule has 1 fully saturated rings. The van der Waals surface area contributed by atoms with E-state index in [-0.39, 0.29) is 17.5 Å². The van der Waals surface area contributed by atoms with Crippen LogP contribution in [0.5, 0.6) is 0 Å². The van der Waals surface area contributed by atoms with Gasteiger partial charge in [0.1, 0.15) is 11.6 Å². The van der Waals surface area contributed by atoms with Crippen molar-refractivity contribution >= 4 is 11.8 Å². The molecule has 1 N–H and O–H groups in total. The van der Waals surface area contributed by atoms with Crippen LogP contribution in [-0.4, -0.2) is 29.8 Å². The van der Waals surface area contributed by atoms with Crippen molar-refractivity contribution in [2.75, 3.05) is 7.05 Å². The highest BCUT2D eigenvalue weighted by atomic mass is 19.1. The van der Waals surface area contributed by atoms with Crippen LogP contribution in [-0.2, 0) is 6.54 Å². The van der Waals surface area contributed by atoms with Crippen LogP contribution in [0.25, 0.3) is 0 Å². The fraction of sp³-hybridized carbons (Fsp3) is 0.263. The zero-order valence-electron chi connectivity index (χ0n) is 13.8. The fourth-order valence-electron chi connectivity index (χ4n) is 2.70. The number of hydrogen-bond acceptors (Lipinski definition) is 2. The van der Waals surface area contributed by atoms with E-state index in [4.69, 9.17) is 0 Å². The van der Waals surface area contributed by atoms with Crippen LogP contribution in [0.4, 0.5) is 8.78 Å². The standard InChI is InChI=1S/C19H18F2N2O2/c1-22-18(24)13-4-2-12(3-5-13)11-23(17-6-7-17)19(25)14-8-15(20)10-16(21)9-14/h2-5,8-10,17H,6-7,11H2,1H3,(H,22,24). The molecule has 0 heterocycles. The summed E-state index contributed by atoms with van der Waals surface area (Å²) in [4.78, 5) is 25.9. The van der Waals surface area contributed by atoms with Gasteiger partial charge in [-0.05, 0) is 42.7 Å². The number of hydrogen-bond donors (Lipinski definition) is 1. The van der Waals surface area contributed by atoms with Gasteiger partial charge < -0.3 is 10.2 Å².